The van der Waals surface area contributed by atoms with Gasteiger partial charge in [0, 0.05) is 29.4 Å². The van der Waals surface area contributed by atoms with Crippen LogP contribution in [0.25, 0.3) is 21.8 Å². The van der Waals surface area contributed by atoms with Crippen molar-refractivity contribution in [3.8, 4) is 0 Å². The molecular formula is C17H20N4O2. The molecule has 1 aromatic carbocycles. The van der Waals surface area contributed by atoms with Crippen molar-refractivity contribution < 1.29 is 4.79 Å². The number of rotatable bonds is 4. The Kier molecular flexibility index (Phi) is 3.90. The average Bonchev–Trinajstić information content (AvgIpc) is 2.90. The summed E-state index contributed by atoms with van der Waals surface area (Å²) in [5, 5.41) is 5.96. The second kappa shape index (κ2) is 5.87. The molecular weight excluding hydrogens is 292 g/mol. The molecule has 1 N–H and O–H groups in total. The van der Waals surface area contributed by atoms with Crippen LogP contribution < -0.4 is 5.56 Å². The number of fused-ring (bicyclic) bond motifs is 3. The molecule has 23 heavy (non-hydrogen) atoms. The molecule has 0 radical (unpaired) electrons. The molecule has 0 atom stereocenters. The molecule has 2 aromatic heterocycles. The summed E-state index contributed by atoms with van der Waals surface area (Å²) in [6.07, 6.45) is 1.66. The Balaban J connectivity index is 2.07. The van der Waals surface area contributed by atoms with E-state index in [-0.39, 0.29) is 18.0 Å². The van der Waals surface area contributed by atoms with Crippen molar-refractivity contribution in [2.24, 2.45) is 0 Å². The molecule has 6 heteroatoms. The number of amides is 1. The van der Waals surface area contributed by atoms with Gasteiger partial charge in [0.1, 0.15) is 12.1 Å². The number of carbonyl (C=O) groups is 1. The quantitative estimate of drug-likeness (QED) is 0.801. The number of nitrogens with zero attached hydrogens (tertiary/aromatic N) is 3. The fourth-order valence-electron chi connectivity index (χ4n) is 2.86. The van der Waals surface area contributed by atoms with Crippen LogP contribution in [0.3, 0.4) is 0 Å². The summed E-state index contributed by atoms with van der Waals surface area (Å²) in [4.78, 5) is 29.6. The zero-order valence-corrected chi connectivity index (χ0v) is 13.6. The highest BCUT2D eigenvalue weighted by Crippen LogP contribution is 2.23. The highest BCUT2D eigenvalue weighted by molar-refractivity contribution is 6.06. The molecule has 0 aliphatic heterocycles. The van der Waals surface area contributed by atoms with Gasteiger partial charge in [-0.25, -0.2) is 4.68 Å². The van der Waals surface area contributed by atoms with Crippen molar-refractivity contribution in [1.82, 2.24) is 19.7 Å². The second-order valence-corrected chi connectivity index (χ2v) is 5.64. The van der Waals surface area contributed by atoms with Crippen LogP contribution in [0.4, 0.5) is 0 Å². The van der Waals surface area contributed by atoms with Crippen LogP contribution >= 0.6 is 0 Å². The van der Waals surface area contributed by atoms with Gasteiger partial charge in [-0.3, -0.25) is 9.59 Å². The predicted molar refractivity (Wildman–Crippen MR) is 90.5 cm³/mol. The normalized spacial score (nSPS) is 11.3. The number of hydrogen-bond acceptors (Lipinski definition) is 3. The summed E-state index contributed by atoms with van der Waals surface area (Å²) in [7, 11) is 0. The maximum absolute atomic E-state index is 12.6. The summed E-state index contributed by atoms with van der Waals surface area (Å²) >= 11 is 0. The fraction of sp³-hybridized carbons (Fsp3) is 0.353. The number of H-pyrrole nitrogens is 1. The van der Waals surface area contributed by atoms with E-state index in [9.17, 15) is 9.59 Å². The van der Waals surface area contributed by atoms with Crippen molar-refractivity contribution in [2.75, 3.05) is 13.1 Å². The Hall–Kier alpha value is -2.63. The van der Waals surface area contributed by atoms with Crippen LogP contribution in [-0.4, -0.2) is 38.7 Å². The molecule has 0 spiro atoms. The molecule has 0 aliphatic carbocycles. The first-order valence-electron chi connectivity index (χ1n) is 7.81. The Morgan fingerprint density at radius 2 is 2.00 bits per heavy atom. The van der Waals surface area contributed by atoms with Gasteiger partial charge in [-0.15, -0.1) is 0 Å². The topological polar surface area (TPSA) is 71.0 Å². The number of benzene rings is 1. The molecule has 1 amide bonds. The predicted octanol–water partition coefficient (Wildman–Crippen LogP) is 2.05. The number of aromatic amines is 1. The van der Waals surface area contributed by atoms with Gasteiger partial charge in [0.2, 0.25) is 5.91 Å². The third-order valence-corrected chi connectivity index (χ3v) is 4.17. The van der Waals surface area contributed by atoms with E-state index in [4.69, 9.17) is 0 Å². The number of hydrogen-bond donors (Lipinski definition) is 1. The Labute approximate surface area is 133 Å². The summed E-state index contributed by atoms with van der Waals surface area (Å²) < 4.78 is 1.23. The minimum atomic E-state index is -0.267. The van der Waals surface area contributed by atoms with Crippen LogP contribution in [0.15, 0.2) is 29.2 Å². The van der Waals surface area contributed by atoms with E-state index < -0.39 is 0 Å². The molecule has 2 heterocycles. The highest BCUT2D eigenvalue weighted by Gasteiger charge is 2.15. The Morgan fingerprint density at radius 3 is 2.70 bits per heavy atom. The first kappa shape index (κ1) is 15.3. The third-order valence-electron chi connectivity index (χ3n) is 4.17. The van der Waals surface area contributed by atoms with Gasteiger partial charge >= 0.3 is 0 Å². The van der Waals surface area contributed by atoms with E-state index in [1.807, 2.05) is 39.0 Å². The molecule has 3 rings (SSSR count). The molecule has 0 unspecified atom stereocenters. The number of likely N-dealkylation sites (N-methyl/N-ethyl adjacent to an activating group) is 1. The summed E-state index contributed by atoms with van der Waals surface area (Å²) in [6, 6.07) is 5.98. The molecule has 0 fully saturated rings. The van der Waals surface area contributed by atoms with Crippen LogP contribution in [-0.2, 0) is 11.3 Å². The van der Waals surface area contributed by atoms with Crippen LogP contribution in [0.2, 0.25) is 0 Å². The third kappa shape index (κ3) is 2.60. The maximum Gasteiger partial charge on any atom is 0.291 e. The molecule has 120 valence electrons. The lowest BCUT2D eigenvalue weighted by Crippen LogP contribution is -2.37. The van der Waals surface area contributed by atoms with E-state index in [1.165, 1.54) is 4.68 Å². The van der Waals surface area contributed by atoms with Crippen molar-refractivity contribution in [1.29, 1.82) is 0 Å². The lowest BCUT2D eigenvalue weighted by atomic mass is 10.1. The minimum Gasteiger partial charge on any atom is -0.350 e. The van der Waals surface area contributed by atoms with Crippen LogP contribution in [0.5, 0.6) is 0 Å². The van der Waals surface area contributed by atoms with E-state index in [0.717, 1.165) is 21.9 Å². The van der Waals surface area contributed by atoms with Gasteiger partial charge in [0.25, 0.3) is 5.56 Å². The lowest BCUT2D eigenvalue weighted by Gasteiger charge is -2.18. The maximum atomic E-state index is 12.6. The van der Waals surface area contributed by atoms with Gasteiger partial charge in [0.05, 0.1) is 6.20 Å². The van der Waals surface area contributed by atoms with Crippen molar-refractivity contribution in [3.05, 3.63) is 40.3 Å². The zero-order chi connectivity index (χ0) is 16.6. The average molecular weight is 312 g/mol. The monoisotopic (exact) mass is 312 g/mol. The van der Waals surface area contributed by atoms with Crippen molar-refractivity contribution in [2.45, 2.75) is 27.3 Å². The SMILES string of the molecule is CCN(CC)C(=O)Cn1ncc2c([nH]c3ccc(C)cc32)c1=O. The van der Waals surface area contributed by atoms with E-state index in [1.54, 1.807) is 11.1 Å². The van der Waals surface area contributed by atoms with Crippen molar-refractivity contribution in [3.63, 3.8) is 0 Å². The van der Waals surface area contributed by atoms with Gasteiger partial charge in [-0.1, -0.05) is 11.6 Å². The lowest BCUT2D eigenvalue weighted by molar-refractivity contribution is -0.131. The largest absolute Gasteiger partial charge is 0.350 e. The van der Waals surface area contributed by atoms with E-state index in [2.05, 4.69) is 10.1 Å². The molecule has 0 saturated heterocycles. The van der Waals surface area contributed by atoms with Gasteiger partial charge in [0.15, 0.2) is 0 Å². The Bertz CT molecular complexity index is 935. The number of aryl methyl sites for hydroxylation is 1. The summed E-state index contributed by atoms with van der Waals surface area (Å²) in [5.41, 5.74) is 2.25. The van der Waals surface area contributed by atoms with Gasteiger partial charge in [-0.05, 0) is 32.9 Å². The molecule has 0 saturated carbocycles. The van der Waals surface area contributed by atoms with Crippen LogP contribution in [0.1, 0.15) is 19.4 Å². The highest BCUT2D eigenvalue weighted by atomic mass is 16.2. The minimum absolute atomic E-state index is 0.0369. The van der Waals surface area contributed by atoms with Crippen molar-refractivity contribution >= 4 is 27.7 Å². The van der Waals surface area contributed by atoms with Gasteiger partial charge in [-0.2, -0.15) is 5.10 Å². The molecule has 3 aromatic rings. The Morgan fingerprint density at radius 1 is 1.26 bits per heavy atom. The fourth-order valence-corrected chi connectivity index (χ4v) is 2.86. The first-order valence-corrected chi connectivity index (χ1v) is 7.81. The summed E-state index contributed by atoms with van der Waals surface area (Å²) in [6.45, 7) is 7.05. The number of carbonyl (C=O) groups excluding carboxylic acids is 1. The number of nitrogens with one attached hydrogen (secondary N) is 1. The molecule has 6 nitrogen and oxygen atoms in total. The molecule has 0 bridgehead atoms. The summed E-state index contributed by atoms with van der Waals surface area (Å²) in [5.74, 6) is -0.101. The first-order chi connectivity index (χ1) is 11.0. The zero-order valence-electron chi connectivity index (χ0n) is 13.6. The van der Waals surface area contributed by atoms with Crippen LogP contribution in [0, 0.1) is 6.92 Å². The second-order valence-electron chi connectivity index (χ2n) is 5.64. The smallest absolute Gasteiger partial charge is 0.291 e. The number of aromatic nitrogens is 3. The van der Waals surface area contributed by atoms with E-state index in [0.29, 0.717) is 18.6 Å². The van der Waals surface area contributed by atoms with Gasteiger partial charge < -0.3 is 9.88 Å². The van der Waals surface area contributed by atoms with E-state index >= 15 is 0 Å². The standard InChI is InChI=1S/C17H20N4O2/c1-4-20(5-2)15(22)10-21-17(23)16-13(9-18-21)12-8-11(3)6-7-14(12)19-16/h6-9,19H,4-5,10H2,1-3H3. The molecule has 0 aliphatic rings.